The monoisotopic (exact) mass is 234 g/mol. The fourth-order valence-electron chi connectivity index (χ4n) is 2.02. The van der Waals surface area contributed by atoms with Crippen molar-refractivity contribution in [2.45, 2.75) is 25.5 Å². The van der Waals surface area contributed by atoms with E-state index >= 15 is 0 Å². The maximum Gasteiger partial charge on any atom is 0.124 e. The van der Waals surface area contributed by atoms with Crippen molar-refractivity contribution in [3.63, 3.8) is 0 Å². The molecule has 3 nitrogen and oxygen atoms in total. The van der Waals surface area contributed by atoms with Crippen LogP contribution in [0.2, 0.25) is 0 Å². The molecule has 1 unspecified atom stereocenters. The third-order valence-corrected chi connectivity index (χ3v) is 2.84. The standard InChI is InChI=1S/C13H15FN2O/c14-12-5-10(7-15)4-11(6-12)8-17-9-13-2-1-3-16-13/h4-6,13,16H,1-3,8-9H2. The molecule has 1 fully saturated rings. The van der Waals surface area contributed by atoms with Crippen LogP contribution in [0.1, 0.15) is 24.0 Å². The molecule has 0 aliphatic carbocycles. The Morgan fingerprint density at radius 3 is 3.06 bits per heavy atom. The zero-order valence-electron chi connectivity index (χ0n) is 9.58. The molecule has 1 saturated heterocycles. The second-order valence-electron chi connectivity index (χ2n) is 4.27. The molecule has 1 aliphatic heterocycles. The predicted molar refractivity (Wildman–Crippen MR) is 61.8 cm³/mol. The van der Waals surface area contributed by atoms with Crippen molar-refractivity contribution in [3.8, 4) is 6.07 Å². The maximum atomic E-state index is 13.1. The van der Waals surface area contributed by atoms with Gasteiger partial charge in [-0.05, 0) is 43.1 Å². The van der Waals surface area contributed by atoms with Gasteiger partial charge in [0.25, 0.3) is 0 Å². The highest BCUT2D eigenvalue weighted by molar-refractivity contribution is 5.33. The van der Waals surface area contributed by atoms with Gasteiger partial charge in [-0.1, -0.05) is 0 Å². The summed E-state index contributed by atoms with van der Waals surface area (Å²) in [6, 6.07) is 6.64. The van der Waals surface area contributed by atoms with Crippen LogP contribution in [-0.4, -0.2) is 19.2 Å². The molecular formula is C13H15FN2O. The zero-order valence-corrected chi connectivity index (χ0v) is 9.58. The molecule has 1 heterocycles. The van der Waals surface area contributed by atoms with Gasteiger partial charge < -0.3 is 10.1 Å². The van der Waals surface area contributed by atoms with Gasteiger partial charge in [-0.3, -0.25) is 0 Å². The van der Waals surface area contributed by atoms with Gasteiger partial charge in [0, 0.05) is 6.04 Å². The molecule has 1 N–H and O–H groups in total. The molecule has 1 aromatic rings. The topological polar surface area (TPSA) is 45.0 Å². The Morgan fingerprint density at radius 1 is 1.47 bits per heavy atom. The summed E-state index contributed by atoms with van der Waals surface area (Å²) in [5, 5.41) is 12.0. The van der Waals surface area contributed by atoms with Crippen molar-refractivity contribution in [3.05, 3.63) is 35.1 Å². The molecule has 0 bridgehead atoms. The van der Waals surface area contributed by atoms with Crippen molar-refractivity contribution in [1.29, 1.82) is 5.26 Å². The van der Waals surface area contributed by atoms with Crippen LogP contribution in [0.4, 0.5) is 4.39 Å². The molecule has 1 atom stereocenters. The lowest BCUT2D eigenvalue weighted by Crippen LogP contribution is -2.26. The number of halogens is 1. The molecule has 1 aromatic carbocycles. The second kappa shape index (κ2) is 5.76. The van der Waals surface area contributed by atoms with E-state index in [-0.39, 0.29) is 5.82 Å². The summed E-state index contributed by atoms with van der Waals surface area (Å²) < 4.78 is 18.6. The maximum absolute atomic E-state index is 13.1. The first-order valence-corrected chi connectivity index (χ1v) is 5.78. The Kier molecular flexibility index (Phi) is 4.08. The van der Waals surface area contributed by atoms with Gasteiger partial charge in [0.05, 0.1) is 24.8 Å². The van der Waals surface area contributed by atoms with Crippen LogP contribution in [0.15, 0.2) is 18.2 Å². The van der Waals surface area contributed by atoms with Gasteiger partial charge >= 0.3 is 0 Å². The smallest absolute Gasteiger partial charge is 0.124 e. The Labute approximate surface area is 100 Å². The van der Waals surface area contributed by atoms with Crippen LogP contribution >= 0.6 is 0 Å². The van der Waals surface area contributed by atoms with Crippen molar-refractivity contribution in [2.24, 2.45) is 0 Å². The largest absolute Gasteiger partial charge is 0.375 e. The number of nitrogens with zero attached hydrogens (tertiary/aromatic N) is 1. The summed E-state index contributed by atoms with van der Waals surface area (Å²) in [6.07, 6.45) is 2.32. The van der Waals surface area contributed by atoms with Gasteiger partial charge in [0.1, 0.15) is 5.82 Å². The third-order valence-electron chi connectivity index (χ3n) is 2.84. The zero-order chi connectivity index (χ0) is 12.1. The molecule has 17 heavy (non-hydrogen) atoms. The number of hydrogen-bond acceptors (Lipinski definition) is 3. The van der Waals surface area contributed by atoms with E-state index in [0.717, 1.165) is 13.0 Å². The minimum absolute atomic E-state index is 0.336. The Morgan fingerprint density at radius 2 is 2.35 bits per heavy atom. The van der Waals surface area contributed by atoms with Crippen LogP contribution in [0.3, 0.4) is 0 Å². The lowest BCUT2D eigenvalue weighted by molar-refractivity contribution is 0.103. The van der Waals surface area contributed by atoms with Crippen molar-refractivity contribution in [2.75, 3.05) is 13.2 Å². The highest BCUT2D eigenvalue weighted by atomic mass is 19.1. The summed E-state index contributed by atoms with van der Waals surface area (Å²) in [5.41, 5.74) is 1.04. The van der Waals surface area contributed by atoms with Crippen LogP contribution in [0.5, 0.6) is 0 Å². The molecule has 0 aromatic heterocycles. The molecular weight excluding hydrogens is 219 g/mol. The van der Waals surface area contributed by atoms with Crippen LogP contribution < -0.4 is 5.32 Å². The first-order valence-electron chi connectivity index (χ1n) is 5.78. The average Bonchev–Trinajstić information content (AvgIpc) is 2.81. The highest BCUT2D eigenvalue weighted by Gasteiger charge is 2.13. The fourth-order valence-corrected chi connectivity index (χ4v) is 2.02. The Bertz CT molecular complexity index is 422. The van der Waals surface area contributed by atoms with Crippen molar-refractivity contribution in [1.82, 2.24) is 5.32 Å². The summed E-state index contributed by atoms with van der Waals surface area (Å²) in [4.78, 5) is 0. The van der Waals surface area contributed by atoms with Crippen molar-refractivity contribution >= 4 is 0 Å². The Hall–Kier alpha value is -1.44. The van der Waals surface area contributed by atoms with E-state index in [4.69, 9.17) is 10.00 Å². The Balaban J connectivity index is 1.85. The summed E-state index contributed by atoms with van der Waals surface area (Å²) >= 11 is 0. The van der Waals surface area contributed by atoms with Crippen molar-refractivity contribution < 1.29 is 9.13 Å². The first kappa shape index (κ1) is 12.0. The number of ether oxygens (including phenoxy) is 1. The van der Waals surface area contributed by atoms with E-state index in [1.807, 2.05) is 6.07 Å². The number of hydrogen-bond donors (Lipinski definition) is 1. The summed E-state index contributed by atoms with van der Waals surface area (Å²) in [5.74, 6) is -0.387. The normalized spacial score (nSPS) is 19.2. The second-order valence-corrected chi connectivity index (χ2v) is 4.27. The summed E-state index contributed by atoms with van der Waals surface area (Å²) in [7, 11) is 0. The van der Waals surface area contributed by atoms with Gasteiger partial charge in [-0.25, -0.2) is 4.39 Å². The molecule has 0 spiro atoms. The van der Waals surface area contributed by atoms with Gasteiger partial charge in [-0.2, -0.15) is 5.26 Å². The van der Waals surface area contributed by atoms with Gasteiger partial charge in [0.15, 0.2) is 0 Å². The number of benzene rings is 1. The van der Waals surface area contributed by atoms with E-state index in [9.17, 15) is 4.39 Å². The number of nitriles is 1. The minimum atomic E-state index is -0.387. The van der Waals surface area contributed by atoms with Crippen LogP contribution in [0, 0.1) is 17.1 Å². The van der Waals surface area contributed by atoms with Crippen LogP contribution in [0.25, 0.3) is 0 Å². The first-order chi connectivity index (χ1) is 8.28. The fraction of sp³-hybridized carbons (Fsp3) is 0.462. The van der Waals surface area contributed by atoms with E-state index < -0.39 is 0 Å². The van der Waals surface area contributed by atoms with Gasteiger partial charge in [0.2, 0.25) is 0 Å². The molecule has 0 saturated carbocycles. The molecule has 1 aliphatic rings. The highest BCUT2D eigenvalue weighted by Crippen LogP contribution is 2.11. The molecule has 2 rings (SSSR count). The average molecular weight is 234 g/mol. The minimum Gasteiger partial charge on any atom is -0.375 e. The molecule has 0 amide bonds. The molecule has 0 radical (unpaired) electrons. The molecule has 90 valence electrons. The predicted octanol–water partition coefficient (Wildman–Crippen LogP) is 1.97. The number of nitrogens with one attached hydrogen (secondary N) is 1. The lowest BCUT2D eigenvalue weighted by Gasteiger charge is -2.10. The van der Waals surface area contributed by atoms with E-state index in [1.54, 1.807) is 6.07 Å². The SMILES string of the molecule is N#Cc1cc(F)cc(COCC2CCCN2)c1. The van der Waals surface area contributed by atoms with Crippen LogP contribution in [-0.2, 0) is 11.3 Å². The van der Waals surface area contributed by atoms with E-state index in [2.05, 4.69) is 5.32 Å². The summed E-state index contributed by atoms with van der Waals surface area (Å²) in [6.45, 7) is 2.04. The molecule has 4 heteroatoms. The van der Waals surface area contributed by atoms with E-state index in [1.165, 1.54) is 18.6 Å². The lowest BCUT2D eigenvalue weighted by atomic mass is 10.1. The third kappa shape index (κ3) is 3.52. The quantitative estimate of drug-likeness (QED) is 0.866. The number of rotatable bonds is 4. The van der Waals surface area contributed by atoms with E-state index in [0.29, 0.717) is 30.4 Å². The van der Waals surface area contributed by atoms with Gasteiger partial charge in [-0.15, -0.1) is 0 Å².